The van der Waals surface area contributed by atoms with E-state index in [0.29, 0.717) is 6.54 Å². The summed E-state index contributed by atoms with van der Waals surface area (Å²) in [6, 6.07) is 18.4. The molecule has 1 atom stereocenters. The van der Waals surface area contributed by atoms with Crippen LogP contribution in [0.1, 0.15) is 18.3 Å². The average molecular weight is 266 g/mol. The first-order valence-corrected chi connectivity index (χ1v) is 6.90. The van der Waals surface area contributed by atoms with E-state index >= 15 is 0 Å². The highest BCUT2D eigenvalue weighted by Crippen LogP contribution is 2.19. The number of benzene rings is 2. The van der Waals surface area contributed by atoms with Crippen LogP contribution in [-0.2, 0) is 13.0 Å². The van der Waals surface area contributed by atoms with Crippen LogP contribution in [0.5, 0.6) is 0 Å². The highest BCUT2D eigenvalue weighted by molar-refractivity contribution is 5.76. The summed E-state index contributed by atoms with van der Waals surface area (Å²) in [4.78, 5) is 4.71. The zero-order chi connectivity index (χ0) is 13.9. The molecule has 0 radical (unpaired) electrons. The molecule has 1 heterocycles. The minimum absolute atomic E-state index is 0.387. The van der Waals surface area contributed by atoms with Crippen molar-refractivity contribution in [1.29, 1.82) is 0 Å². The molecule has 102 valence electrons. The van der Waals surface area contributed by atoms with E-state index < -0.39 is 0 Å². The van der Waals surface area contributed by atoms with E-state index in [1.807, 2.05) is 36.4 Å². The minimum Gasteiger partial charge on any atom is -0.392 e. The first-order chi connectivity index (χ1) is 9.74. The normalized spacial score (nSPS) is 12.7. The Morgan fingerprint density at radius 2 is 1.75 bits per heavy atom. The van der Waals surface area contributed by atoms with Crippen molar-refractivity contribution >= 4 is 11.0 Å². The van der Waals surface area contributed by atoms with Crippen molar-refractivity contribution < 1.29 is 5.11 Å². The number of fused-ring (bicyclic) bond motifs is 1. The maximum absolute atomic E-state index is 9.73. The lowest BCUT2D eigenvalue weighted by molar-refractivity contribution is 0.174. The van der Waals surface area contributed by atoms with Crippen LogP contribution in [-0.4, -0.2) is 20.8 Å². The van der Waals surface area contributed by atoms with Gasteiger partial charge in [-0.3, -0.25) is 0 Å². The Morgan fingerprint density at radius 1 is 1.05 bits per heavy atom. The second-order valence-corrected chi connectivity index (χ2v) is 5.14. The summed E-state index contributed by atoms with van der Waals surface area (Å²) in [5, 5.41) is 9.73. The molecule has 3 heteroatoms. The topological polar surface area (TPSA) is 38.0 Å². The standard InChI is InChI=1S/C17H18N2O/c1-13(20)12-19-16-10-6-5-9-15(16)18-17(19)11-14-7-3-2-4-8-14/h2-10,13,20H,11-12H2,1H3. The highest BCUT2D eigenvalue weighted by atomic mass is 16.3. The van der Waals surface area contributed by atoms with Gasteiger partial charge in [-0.05, 0) is 24.6 Å². The molecular formula is C17H18N2O. The summed E-state index contributed by atoms with van der Waals surface area (Å²) in [5.41, 5.74) is 3.30. The Hall–Kier alpha value is -2.13. The molecular weight excluding hydrogens is 248 g/mol. The molecule has 3 nitrogen and oxygen atoms in total. The molecule has 1 N–H and O–H groups in total. The fraction of sp³-hybridized carbons (Fsp3) is 0.235. The molecule has 2 aromatic carbocycles. The van der Waals surface area contributed by atoms with Crippen LogP contribution in [0.2, 0.25) is 0 Å². The van der Waals surface area contributed by atoms with E-state index in [1.54, 1.807) is 6.92 Å². The molecule has 0 aliphatic rings. The summed E-state index contributed by atoms with van der Waals surface area (Å²) in [6.07, 6.45) is 0.393. The zero-order valence-electron chi connectivity index (χ0n) is 11.5. The number of nitrogens with zero attached hydrogens (tertiary/aromatic N) is 2. The van der Waals surface area contributed by atoms with Crippen LogP contribution in [0.25, 0.3) is 11.0 Å². The van der Waals surface area contributed by atoms with Gasteiger partial charge in [0, 0.05) is 6.42 Å². The lowest BCUT2D eigenvalue weighted by Crippen LogP contribution is -2.14. The smallest absolute Gasteiger partial charge is 0.114 e. The van der Waals surface area contributed by atoms with Crippen molar-refractivity contribution in [1.82, 2.24) is 9.55 Å². The summed E-state index contributed by atoms with van der Waals surface area (Å²) in [6.45, 7) is 2.38. The van der Waals surface area contributed by atoms with E-state index in [0.717, 1.165) is 23.3 Å². The molecule has 3 rings (SSSR count). The molecule has 0 aliphatic carbocycles. The SMILES string of the molecule is CC(O)Cn1c(Cc2ccccc2)nc2ccccc21. The van der Waals surface area contributed by atoms with Gasteiger partial charge in [0.15, 0.2) is 0 Å². The number of rotatable bonds is 4. The first-order valence-electron chi connectivity index (χ1n) is 6.90. The van der Waals surface area contributed by atoms with Crippen molar-refractivity contribution in [2.45, 2.75) is 26.0 Å². The molecule has 20 heavy (non-hydrogen) atoms. The molecule has 1 aromatic heterocycles. The van der Waals surface area contributed by atoms with Crippen LogP contribution in [0.4, 0.5) is 0 Å². The van der Waals surface area contributed by atoms with Gasteiger partial charge >= 0.3 is 0 Å². The molecule has 1 unspecified atom stereocenters. The van der Waals surface area contributed by atoms with Gasteiger partial charge in [-0.15, -0.1) is 0 Å². The molecule has 0 saturated carbocycles. The van der Waals surface area contributed by atoms with Crippen LogP contribution in [0.3, 0.4) is 0 Å². The predicted octanol–water partition coefficient (Wildman–Crippen LogP) is 3.01. The van der Waals surface area contributed by atoms with E-state index in [2.05, 4.69) is 22.8 Å². The van der Waals surface area contributed by atoms with Crippen molar-refractivity contribution in [3.8, 4) is 0 Å². The zero-order valence-corrected chi connectivity index (χ0v) is 11.5. The lowest BCUT2D eigenvalue weighted by Gasteiger charge is -2.11. The molecule has 0 amide bonds. The lowest BCUT2D eigenvalue weighted by atomic mass is 10.1. The minimum atomic E-state index is -0.387. The fourth-order valence-electron chi connectivity index (χ4n) is 2.51. The van der Waals surface area contributed by atoms with Gasteiger partial charge in [0.25, 0.3) is 0 Å². The van der Waals surface area contributed by atoms with E-state index in [9.17, 15) is 5.11 Å². The maximum atomic E-state index is 9.73. The van der Waals surface area contributed by atoms with Crippen molar-refractivity contribution in [3.63, 3.8) is 0 Å². The largest absolute Gasteiger partial charge is 0.392 e. The molecule has 0 spiro atoms. The second-order valence-electron chi connectivity index (χ2n) is 5.14. The summed E-state index contributed by atoms with van der Waals surface area (Å²) in [7, 11) is 0. The van der Waals surface area contributed by atoms with Gasteiger partial charge in [-0.25, -0.2) is 4.98 Å². The number of aliphatic hydroxyl groups excluding tert-OH is 1. The van der Waals surface area contributed by atoms with Gasteiger partial charge < -0.3 is 9.67 Å². The van der Waals surface area contributed by atoms with Gasteiger partial charge in [0.1, 0.15) is 5.82 Å². The van der Waals surface area contributed by atoms with Gasteiger partial charge in [-0.1, -0.05) is 42.5 Å². The third-order valence-corrected chi connectivity index (χ3v) is 3.39. The molecule has 0 fully saturated rings. The number of hydrogen-bond donors (Lipinski definition) is 1. The Bertz CT molecular complexity index is 701. The Morgan fingerprint density at radius 3 is 2.50 bits per heavy atom. The van der Waals surface area contributed by atoms with Gasteiger partial charge in [-0.2, -0.15) is 0 Å². The predicted molar refractivity (Wildman–Crippen MR) is 80.7 cm³/mol. The Kier molecular flexibility index (Phi) is 3.52. The maximum Gasteiger partial charge on any atom is 0.114 e. The first kappa shape index (κ1) is 12.9. The van der Waals surface area contributed by atoms with Gasteiger partial charge in [0.2, 0.25) is 0 Å². The summed E-state index contributed by atoms with van der Waals surface area (Å²) < 4.78 is 2.12. The van der Waals surface area contributed by atoms with Crippen molar-refractivity contribution in [2.75, 3.05) is 0 Å². The van der Waals surface area contributed by atoms with Crippen molar-refractivity contribution in [3.05, 3.63) is 66.0 Å². The average Bonchev–Trinajstić information content (AvgIpc) is 2.78. The van der Waals surface area contributed by atoms with Gasteiger partial charge in [0.05, 0.1) is 23.7 Å². The monoisotopic (exact) mass is 266 g/mol. The number of aromatic nitrogens is 2. The Balaban J connectivity index is 2.04. The van der Waals surface area contributed by atoms with Crippen LogP contribution >= 0.6 is 0 Å². The summed E-state index contributed by atoms with van der Waals surface area (Å²) in [5.74, 6) is 0.998. The van der Waals surface area contributed by atoms with E-state index in [-0.39, 0.29) is 6.10 Å². The van der Waals surface area contributed by atoms with E-state index in [1.165, 1.54) is 5.56 Å². The summed E-state index contributed by atoms with van der Waals surface area (Å²) >= 11 is 0. The third-order valence-electron chi connectivity index (χ3n) is 3.39. The fourth-order valence-corrected chi connectivity index (χ4v) is 2.51. The van der Waals surface area contributed by atoms with Crippen LogP contribution in [0, 0.1) is 0 Å². The molecule has 0 bridgehead atoms. The number of hydrogen-bond acceptors (Lipinski definition) is 2. The molecule has 0 saturated heterocycles. The van der Waals surface area contributed by atoms with E-state index in [4.69, 9.17) is 4.98 Å². The quantitative estimate of drug-likeness (QED) is 0.788. The molecule has 0 aliphatic heterocycles. The second kappa shape index (κ2) is 5.47. The number of imidazole rings is 1. The highest BCUT2D eigenvalue weighted by Gasteiger charge is 2.12. The van der Waals surface area contributed by atoms with Crippen LogP contribution < -0.4 is 0 Å². The third kappa shape index (κ3) is 2.58. The number of para-hydroxylation sites is 2. The number of aliphatic hydroxyl groups is 1. The van der Waals surface area contributed by atoms with Crippen molar-refractivity contribution in [2.24, 2.45) is 0 Å². The van der Waals surface area contributed by atoms with Crippen LogP contribution in [0.15, 0.2) is 54.6 Å². The molecule has 3 aromatic rings. The Labute approximate surface area is 118 Å².